The molecule has 0 saturated heterocycles. The molecule has 27 heavy (non-hydrogen) atoms. The number of methoxy groups -OCH3 is 1. The van der Waals surface area contributed by atoms with Gasteiger partial charge in [0.05, 0.1) is 31.2 Å². The molecule has 0 saturated carbocycles. The van der Waals surface area contributed by atoms with Crippen LogP contribution in [0.5, 0.6) is 5.88 Å². The number of anilines is 2. The zero-order valence-corrected chi connectivity index (χ0v) is 15.7. The van der Waals surface area contributed by atoms with Crippen molar-refractivity contribution in [1.82, 2.24) is 9.97 Å². The third-order valence-corrected chi connectivity index (χ3v) is 4.72. The van der Waals surface area contributed by atoms with Crippen LogP contribution in [0.3, 0.4) is 0 Å². The van der Waals surface area contributed by atoms with E-state index in [-0.39, 0.29) is 24.6 Å². The summed E-state index contributed by atoms with van der Waals surface area (Å²) >= 11 is 3.07. The molecule has 3 aromatic rings. The fourth-order valence-corrected chi connectivity index (χ4v) is 3.49. The second kappa shape index (κ2) is 6.73. The zero-order valence-electron chi connectivity index (χ0n) is 14.1. The summed E-state index contributed by atoms with van der Waals surface area (Å²) in [5.74, 6) is -1.27. The number of pyridine rings is 2. The number of carbonyl (C=O) groups is 1. The van der Waals surface area contributed by atoms with E-state index in [1.807, 2.05) is 0 Å². The van der Waals surface area contributed by atoms with Crippen molar-refractivity contribution in [2.75, 3.05) is 23.9 Å². The summed E-state index contributed by atoms with van der Waals surface area (Å²) in [6.45, 7) is -0.163. The molecular weight excluding hydrogens is 422 g/mol. The number of benzene rings is 1. The van der Waals surface area contributed by atoms with Gasteiger partial charge in [-0.25, -0.2) is 13.8 Å². The Balaban J connectivity index is 1.84. The molecule has 138 valence electrons. The van der Waals surface area contributed by atoms with Gasteiger partial charge in [-0.1, -0.05) is 15.9 Å². The highest BCUT2D eigenvalue weighted by molar-refractivity contribution is 9.10. The SMILES string of the molecule is COc1ccc2c3c(cnc2n1)NC(=O)CN3Cc1c(F)cc(Br)cc1F. The number of ether oxygens (including phenoxy) is 1. The third-order valence-electron chi connectivity index (χ3n) is 4.26. The largest absolute Gasteiger partial charge is 0.481 e. The molecule has 3 heterocycles. The molecule has 0 fully saturated rings. The van der Waals surface area contributed by atoms with E-state index in [0.29, 0.717) is 32.8 Å². The lowest BCUT2D eigenvalue weighted by Crippen LogP contribution is -2.38. The van der Waals surface area contributed by atoms with E-state index in [4.69, 9.17) is 4.74 Å². The Morgan fingerprint density at radius 1 is 1.30 bits per heavy atom. The molecule has 1 aliphatic heterocycles. The first-order valence-electron chi connectivity index (χ1n) is 7.98. The highest BCUT2D eigenvalue weighted by atomic mass is 79.9. The summed E-state index contributed by atoms with van der Waals surface area (Å²) < 4.78 is 34.0. The number of nitrogens with one attached hydrogen (secondary N) is 1. The maximum absolute atomic E-state index is 14.3. The van der Waals surface area contributed by atoms with Gasteiger partial charge in [0.25, 0.3) is 0 Å². The summed E-state index contributed by atoms with van der Waals surface area (Å²) in [6.07, 6.45) is 1.47. The maximum atomic E-state index is 14.3. The van der Waals surface area contributed by atoms with Crippen molar-refractivity contribution in [3.8, 4) is 5.88 Å². The predicted octanol–water partition coefficient (Wildman–Crippen LogP) is 3.64. The maximum Gasteiger partial charge on any atom is 0.244 e. The van der Waals surface area contributed by atoms with Crippen LogP contribution in [0.4, 0.5) is 20.2 Å². The summed E-state index contributed by atoms with van der Waals surface area (Å²) in [5, 5.41) is 3.38. The second-order valence-electron chi connectivity index (χ2n) is 6.00. The average Bonchev–Trinajstić information content (AvgIpc) is 2.63. The average molecular weight is 435 g/mol. The first-order valence-corrected chi connectivity index (χ1v) is 8.77. The van der Waals surface area contributed by atoms with E-state index in [1.54, 1.807) is 17.0 Å². The Bertz CT molecular complexity index is 1050. The van der Waals surface area contributed by atoms with Crippen molar-refractivity contribution in [3.63, 3.8) is 0 Å². The molecular formula is C18H13BrF2N4O2. The molecule has 1 aliphatic rings. The van der Waals surface area contributed by atoms with Gasteiger partial charge in [-0.2, -0.15) is 4.98 Å². The van der Waals surface area contributed by atoms with Crippen molar-refractivity contribution in [1.29, 1.82) is 0 Å². The standard InChI is InChI=1S/C18H13BrF2N4O2/c1-27-16-3-2-10-17-14(6-22-18(10)24-16)23-15(26)8-25(17)7-11-12(20)4-9(19)5-13(11)21/h2-6H,7-8H2,1H3,(H,23,26). The summed E-state index contributed by atoms with van der Waals surface area (Å²) in [4.78, 5) is 22.2. The molecule has 1 N–H and O–H groups in total. The summed E-state index contributed by atoms with van der Waals surface area (Å²) in [7, 11) is 1.50. The number of aromatic nitrogens is 2. The Morgan fingerprint density at radius 2 is 2.04 bits per heavy atom. The van der Waals surface area contributed by atoms with Crippen LogP contribution in [0.2, 0.25) is 0 Å². The smallest absolute Gasteiger partial charge is 0.244 e. The molecule has 0 unspecified atom stereocenters. The van der Waals surface area contributed by atoms with E-state index in [0.717, 1.165) is 0 Å². The lowest BCUT2D eigenvalue weighted by molar-refractivity contribution is -0.115. The molecule has 1 amide bonds. The molecule has 1 aromatic carbocycles. The normalized spacial score (nSPS) is 13.5. The second-order valence-corrected chi connectivity index (χ2v) is 6.91. The van der Waals surface area contributed by atoms with Gasteiger partial charge < -0.3 is 15.0 Å². The van der Waals surface area contributed by atoms with Crippen LogP contribution in [0, 0.1) is 11.6 Å². The summed E-state index contributed by atoms with van der Waals surface area (Å²) in [6, 6.07) is 5.81. The van der Waals surface area contributed by atoms with Crippen LogP contribution in [0.1, 0.15) is 5.56 Å². The van der Waals surface area contributed by atoms with Gasteiger partial charge in [-0.15, -0.1) is 0 Å². The topological polar surface area (TPSA) is 67.4 Å². The number of hydrogen-bond acceptors (Lipinski definition) is 5. The molecule has 4 rings (SSSR count). The van der Waals surface area contributed by atoms with Crippen molar-refractivity contribution in [3.05, 3.63) is 52.1 Å². The van der Waals surface area contributed by atoms with E-state index in [1.165, 1.54) is 25.4 Å². The fraction of sp³-hybridized carbons (Fsp3) is 0.167. The number of rotatable bonds is 3. The number of hydrogen-bond donors (Lipinski definition) is 1. The highest BCUT2D eigenvalue weighted by Crippen LogP contribution is 2.37. The first kappa shape index (κ1) is 17.6. The van der Waals surface area contributed by atoms with Gasteiger partial charge in [-0.05, 0) is 18.2 Å². The molecule has 2 aromatic heterocycles. The summed E-state index contributed by atoms with van der Waals surface area (Å²) in [5.41, 5.74) is 1.36. The number of amides is 1. The van der Waals surface area contributed by atoms with E-state index in [9.17, 15) is 13.6 Å². The molecule has 0 radical (unpaired) electrons. The van der Waals surface area contributed by atoms with Crippen molar-refractivity contribution < 1.29 is 18.3 Å². The molecule has 9 heteroatoms. The molecule has 0 spiro atoms. The van der Waals surface area contributed by atoms with E-state index < -0.39 is 11.6 Å². The molecule has 0 aliphatic carbocycles. The van der Waals surface area contributed by atoms with Gasteiger partial charge in [0.1, 0.15) is 11.6 Å². The predicted molar refractivity (Wildman–Crippen MR) is 99.8 cm³/mol. The fourth-order valence-electron chi connectivity index (χ4n) is 3.08. The van der Waals surface area contributed by atoms with Crippen LogP contribution in [0.25, 0.3) is 11.0 Å². The third kappa shape index (κ3) is 3.18. The molecule has 0 bridgehead atoms. The van der Waals surface area contributed by atoms with Crippen molar-refractivity contribution in [2.45, 2.75) is 6.54 Å². The monoisotopic (exact) mass is 434 g/mol. The van der Waals surface area contributed by atoms with Crippen LogP contribution in [-0.4, -0.2) is 29.5 Å². The molecule has 0 atom stereocenters. The minimum absolute atomic E-state index is 0.0485. The lowest BCUT2D eigenvalue weighted by atomic mass is 10.1. The Labute approximate surface area is 161 Å². The Kier molecular flexibility index (Phi) is 4.39. The lowest BCUT2D eigenvalue weighted by Gasteiger charge is -2.31. The number of nitrogens with zero attached hydrogens (tertiary/aromatic N) is 3. The van der Waals surface area contributed by atoms with Crippen molar-refractivity contribution in [2.24, 2.45) is 0 Å². The Morgan fingerprint density at radius 3 is 2.74 bits per heavy atom. The van der Waals surface area contributed by atoms with Crippen molar-refractivity contribution >= 4 is 44.2 Å². The first-order chi connectivity index (χ1) is 13.0. The van der Waals surface area contributed by atoms with Gasteiger partial charge in [0.2, 0.25) is 11.8 Å². The van der Waals surface area contributed by atoms with E-state index in [2.05, 4.69) is 31.2 Å². The molecule has 6 nitrogen and oxygen atoms in total. The quantitative estimate of drug-likeness (QED) is 0.681. The zero-order chi connectivity index (χ0) is 19.1. The minimum Gasteiger partial charge on any atom is -0.481 e. The van der Waals surface area contributed by atoms with Crippen LogP contribution >= 0.6 is 15.9 Å². The van der Waals surface area contributed by atoms with Gasteiger partial charge in [0, 0.05) is 28.0 Å². The number of carbonyl (C=O) groups excluding carboxylic acids is 1. The van der Waals surface area contributed by atoms with Crippen LogP contribution < -0.4 is 15.0 Å². The van der Waals surface area contributed by atoms with Gasteiger partial charge >= 0.3 is 0 Å². The van der Waals surface area contributed by atoms with Crippen LogP contribution in [-0.2, 0) is 11.3 Å². The van der Waals surface area contributed by atoms with Crippen LogP contribution in [0.15, 0.2) is 34.9 Å². The van der Waals surface area contributed by atoms with Gasteiger partial charge in [0.15, 0.2) is 5.65 Å². The van der Waals surface area contributed by atoms with E-state index >= 15 is 0 Å². The Hall–Kier alpha value is -2.81. The highest BCUT2D eigenvalue weighted by Gasteiger charge is 2.27. The number of fused-ring (bicyclic) bond motifs is 3. The number of halogens is 3. The minimum atomic E-state index is -0.687. The van der Waals surface area contributed by atoms with Gasteiger partial charge in [-0.3, -0.25) is 4.79 Å².